The second-order valence-corrected chi connectivity index (χ2v) is 5.24. The fourth-order valence-electron chi connectivity index (χ4n) is 2.01. The first-order valence-electron chi connectivity index (χ1n) is 5.83. The lowest BCUT2D eigenvalue weighted by atomic mass is 9.91. The van der Waals surface area contributed by atoms with Crippen LogP contribution in [0.5, 0.6) is 5.75 Å². The zero-order valence-electron chi connectivity index (χ0n) is 10.3. The number of nitrogens with one attached hydrogen (secondary N) is 1. The van der Waals surface area contributed by atoms with Gasteiger partial charge in [0.25, 0.3) is 5.91 Å². The first kappa shape index (κ1) is 13.3. The second-order valence-electron chi connectivity index (χ2n) is 4.32. The molecule has 1 aliphatic rings. The van der Waals surface area contributed by atoms with Crippen molar-refractivity contribution >= 4 is 17.2 Å². The molecule has 6 heteroatoms. The van der Waals surface area contributed by atoms with Crippen LogP contribution in [0.3, 0.4) is 0 Å². The molecule has 0 spiro atoms. The summed E-state index contributed by atoms with van der Waals surface area (Å²) < 4.78 is 10.4. The van der Waals surface area contributed by atoms with Gasteiger partial charge >= 0.3 is 0 Å². The zero-order valence-corrected chi connectivity index (χ0v) is 11.1. The van der Waals surface area contributed by atoms with Gasteiger partial charge in [-0.3, -0.25) is 4.79 Å². The van der Waals surface area contributed by atoms with Gasteiger partial charge in [-0.05, 0) is 24.3 Å². The van der Waals surface area contributed by atoms with Gasteiger partial charge < -0.3 is 19.9 Å². The maximum absolute atomic E-state index is 12.2. The fraction of sp³-hybridized carbons (Fsp3) is 0.583. The van der Waals surface area contributed by atoms with E-state index in [1.54, 1.807) is 6.07 Å². The van der Waals surface area contributed by atoms with Crippen molar-refractivity contribution in [2.24, 2.45) is 0 Å². The number of carbonyl (C=O) groups excluding carboxylic acids is 1. The van der Waals surface area contributed by atoms with Crippen LogP contribution in [0.25, 0.3) is 0 Å². The number of rotatable bonds is 4. The van der Waals surface area contributed by atoms with E-state index < -0.39 is 5.54 Å². The second kappa shape index (κ2) is 5.69. The van der Waals surface area contributed by atoms with Gasteiger partial charge in [-0.1, -0.05) is 0 Å². The minimum absolute atomic E-state index is 0.0736. The van der Waals surface area contributed by atoms with Gasteiger partial charge in [-0.15, -0.1) is 11.3 Å². The molecule has 0 saturated carbocycles. The van der Waals surface area contributed by atoms with E-state index in [0.29, 0.717) is 36.7 Å². The Morgan fingerprint density at radius 2 is 2.33 bits per heavy atom. The number of carbonyl (C=O) groups is 1. The molecule has 0 aliphatic carbocycles. The third-order valence-electron chi connectivity index (χ3n) is 3.19. The van der Waals surface area contributed by atoms with E-state index >= 15 is 0 Å². The molecule has 100 valence electrons. The summed E-state index contributed by atoms with van der Waals surface area (Å²) in [5, 5.41) is 14.2. The summed E-state index contributed by atoms with van der Waals surface area (Å²) in [5.74, 6) is 0.371. The van der Waals surface area contributed by atoms with Crippen molar-refractivity contribution in [3.05, 3.63) is 16.3 Å². The van der Waals surface area contributed by atoms with E-state index in [4.69, 9.17) is 9.47 Å². The summed E-state index contributed by atoms with van der Waals surface area (Å²) in [6.07, 6.45) is 1.26. The van der Waals surface area contributed by atoms with Crippen LogP contribution in [0, 0.1) is 0 Å². The summed E-state index contributed by atoms with van der Waals surface area (Å²) in [6.45, 7) is 1.04. The Balaban J connectivity index is 2.10. The average molecular weight is 271 g/mol. The predicted octanol–water partition coefficient (Wildman–Crippen LogP) is 1.03. The number of hydrogen-bond donors (Lipinski definition) is 2. The summed E-state index contributed by atoms with van der Waals surface area (Å²) in [6, 6.07) is 1.76. The molecular weight excluding hydrogens is 254 g/mol. The third kappa shape index (κ3) is 2.66. The fourth-order valence-corrected chi connectivity index (χ4v) is 2.76. The Hall–Kier alpha value is -1.11. The van der Waals surface area contributed by atoms with Crippen molar-refractivity contribution in [2.45, 2.75) is 18.4 Å². The van der Waals surface area contributed by atoms with Crippen molar-refractivity contribution in [3.63, 3.8) is 0 Å². The van der Waals surface area contributed by atoms with Crippen molar-refractivity contribution in [2.75, 3.05) is 26.9 Å². The number of thiophene rings is 1. The normalized spacial score (nSPS) is 18.3. The molecule has 0 unspecified atom stereocenters. The minimum Gasteiger partial charge on any atom is -0.495 e. The minimum atomic E-state index is -0.565. The number of methoxy groups -OCH3 is 1. The standard InChI is InChI=1S/C12H17NO4S/c1-16-9-2-7-18-10(9)11(15)13-12(8-14)3-5-17-6-4-12/h2,7,14H,3-6,8H2,1H3,(H,13,15). The Morgan fingerprint density at radius 1 is 1.61 bits per heavy atom. The molecule has 1 amide bonds. The van der Waals surface area contributed by atoms with E-state index in [9.17, 15) is 9.90 Å². The Labute approximate surface area is 110 Å². The number of hydrogen-bond acceptors (Lipinski definition) is 5. The molecule has 5 nitrogen and oxygen atoms in total. The molecule has 1 aromatic rings. The average Bonchev–Trinajstić information content (AvgIpc) is 2.88. The van der Waals surface area contributed by atoms with Crippen LogP contribution >= 0.6 is 11.3 Å². The monoisotopic (exact) mass is 271 g/mol. The highest BCUT2D eigenvalue weighted by Crippen LogP contribution is 2.26. The maximum Gasteiger partial charge on any atom is 0.265 e. The van der Waals surface area contributed by atoms with Crippen LogP contribution in [0.2, 0.25) is 0 Å². The number of aliphatic hydroxyl groups is 1. The van der Waals surface area contributed by atoms with Gasteiger partial charge in [0.15, 0.2) is 0 Å². The highest BCUT2D eigenvalue weighted by Gasteiger charge is 2.34. The van der Waals surface area contributed by atoms with E-state index in [1.807, 2.05) is 5.38 Å². The van der Waals surface area contributed by atoms with Crippen LogP contribution < -0.4 is 10.1 Å². The largest absolute Gasteiger partial charge is 0.495 e. The van der Waals surface area contributed by atoms with Gasteiger partial charge in [0, 0.05) is 13.2 Å². The molecular formula is C12H17NO4S. The van der Waals surface area contributed by atoms with Crippen LogP contribution in [-0.2, 0) is 4.74 Å². The lowest BCUT2D eigenvalue weighted by molar-refractivity contribution is 0.0126. The number of aliphatic hydroxyl groups excluding tert-OH is 1. The third-order valence-corrected chi connectivity index (χ3v) is 4.08. The first-order valence-corrected chi connectivity index (χ1v) is 6.71. The smallest absolute Gasteiger partial charge is 0.265 e. The van der Waals surface area contributed by atoms with Crippen LogP contribution in [0.4, 0.5) is 0 Å². The van der Waals surface area contributed by atoms with Crippen molar-refractivity contribution in [1.82, 2.24) is 5.32 Å². The highest BCUT2D eigenvalue weighted by atomic mass is 32.1. The van der Waals surface area contributed by atoms with Crippen molar-refractivity contribution < 1.29 is 19.4 Å². The molecule has 1 saturated heterocycles. The highest BCUT2D eigenvalue weighted by molar-refractivity contribution is 7.12. The quantitative estimate of drug-likeness (QED) is 0.858. The Bertz CT molecular complexity index is 412. The molecule has 0 radical (unpaired) electrons. The van der Waals surface area contributed by atoms with E-state index in [2.05, 4.69) is 5.32 Å². The molecule has 0 bridgehead atoms. The Kier molecular flexibility index (Phi) is 4.21. The number of ether oxygens (including phenoxy) is 2. The summed E-state index contributed by atoms with van der Waals surface area (Å²) >= 11 is 1.33. The van der Waals surface area contributed by atoms with E-state index in [1.165, 1.54) is 18.4 Å². The molecule has 2 rings (SSSR count). The molecule has 18 heavy (non-hydrogen) atoms. The SMILES string of the molecule is COc1ccsc1C(=O)NC1(CO)CCOCC1. The van der Waals surface area contributed by atoms with Crippen LogP contribution in [-0.4, -0.2) is 43.5 Å². The van der Waals surface area contributed by atoms with E-state index in [0.717, 1.165) is 0 Å². The molecule has 1 aromatic heterocycles. The lowest BCUT2D eigenvalue weighted by Gasteiger charge is -2.36. The summed E-state index contributed by atoms with van der Waals surface area (Å²) in [5.41, 5.74) is -0.565. The van der Waals surface area contributed by atoms with Gasteiger partial charge in [0.05, 0.1) is 19.3 Å². The van der Waals surface area contributed by atoms with Crippen molar-refractivity contribution in [1.29, 1.82) is 0 Å². The molecule has 2 heterocycles. The van der Waals surface area contributed by atoms with E-state index in [-0.39, 0.29) is 12.5 Å². The first-order chi connectivity index (χ1) is 8.71. The lowest BCUT2D eigenvalue weighted by Crippen LogP contribution is -2.54. The molecule has 2 N–H and O–H groups in total. The van der Waals surface area contributed by atoms with Crippen molar-refractivity contribution in [3.8, 4) is 5.75 Å². The molecule has 1 fully saturated rings. The van der Waals surface area contributed by atoms with Gasteiger partial charge in [0.2, 0.25) is 0 Å². The topological polar surface area (TPSA) is 67.8 Å². The molecule has 1 aliphatic heterocycles. The van der Waals surface area contributed by atoms with Crippen LogP contribution in [0.1, 0.15) is 22.5 Å². The van der Waals surface area contributed by atoms with Gasteiger partial charge in [-0.2, -0.15) is 0 Å². The van der Waals surface area contributed by atoms with Crippen LogP contribution in [0.15, 0.2) is 11.4 Å². The van der Waals surface area contributed by atoms with Gasteiger partial charge in [0.1, 0.15) is 10.6 Å². The molecule has 0 aromatic carbocycles. The van der Waals surface area contributed by atoms with Gasteiger partial charge in [-0.25, -0.2) is 0 Å². The number of amides is 1. The summed E-state index contributed by atoms with van der Waals surface area (Å²) in [4.78, 5) is 12.7. The molecule has 0 atom stereocenters. The maximum atomic E-state index is 12.2. The summed E-state index contributed by atoms with van der Waals surface area (Å²) in [7, 11) is 1.54. The zero-order chi connectivity index (χ0) is 13.0. The predicted molar refractivity (Wildman–Crippen MR) is 68.2 cm³/mol. The Morgan fingerprint density at radius 3 is 2.94 bits per heavy atom.